The van der Waals surface area contributed by atoms with Gasteiger partial charge in [-0.2, -0.15) is 4.68 Å². The summed E-state index contributed by atoms with van der Waals surface area (Å²) in [5.41, 5.74) is 0. The van der Waals surface area contributed by atoms with Gasteiger partial charge in [0.25, 0.3) is 0 Å². The van der Waals surface area contributed by atoms with Crippen LogP contribution in [0.25, 0.3) is 5.82 Å². The van der Waals surface area contributed by atoms with Crippen molar-refractivity contribution >= 4 is 0 Å². The molecule has 49 valence electrons. The van der Waals surface area contributed by atoms with Crippen molar-refractivity contribution in [1.82, 2.24) is 35.6 Å². The molecule has 0 unspecified atom stereocenters. The highest BCUT2D eigenvalue weighted by Crippen LogP contribution is 1.91. The van der Waals surface area contributed by atoms with Gasteiger partial charge in [0.05, 0.1) is 6.20 Å². The van der Waals surface area contributed by atoms with Gasteiger partial charge in [0, 0.05) is 0 Å². The number of H-pyrrole nitrogens is 1. The van der Waals surface area contributed by atoms with Crippen LogP contribution in [0.3, 0.4) is 0 Å². The summed E-state index contributed by atoms with van der Waals surface area (Å²) in [6.45, 7) is 0. The van der Waals surface area contributed by atoms with Crippen molar-refractivity contribution in [3.63, 3.8) is 0 Å². The smallest absolute Gasteiger partial charge is 0.228 e. The first kappa shape index (κ1) is 5.03. The number of hydrogen-bond acceptors (Lipinski definition) is 5. The molecule has 0 aliphatic heterocycles. The summed E-state index contributed by atoms with van der Waals surface area (Å²) in [7, 11) is 0. The van der Waals surface area contributed by atoms with E-state index in [9.17, 15) is 0 Å². The highest BCUT2D eigenvalue weighted by atomic mass is 15.6. The molecular weight excluding hydrogens is 134 g/mol. The van der Waals surface area contributed by atoms with Gasteiger partial charge in [-0.15, -0.1) is 10.2 Å². The van der Waals surface area contributed by atoms with Crippen LogP contribution in [0.2, 0.25) is 0 Å². The quantitative estimate of drug-likeness (QED) is 0.520. The van der Waals surface area contributed by atoms with Gasteiger partial charge in [-0.1, -0.05) is 5.21 Å². The predicted molar refractivity (Wildman–Crippen MR) is 27.9 cm³/mol. The molecule has 0 aromatic carbocycles. The highest BCUT2D eigenvalue weighted by Gasteiger charge is 1.98. The van der Waals surface area contributed by atoms with E-state index in [0.29, 0.717) is 5.82 Å². The summed E-state index contributed by atoms with van der Waals surface area (Å²) >= 11 is 0. The molecular formula is C3H2N7. The molecule has 0 saturated heterocycles. The second-order valence-corrected chi connectivity index (χ2v) is 1.52. The number of aromatic nitrogens is 7. The van der Waals surface area contributed by atoms with E-state index in [1.54, 1.807) is 6.20 Å². The first-order chi connectivity index (χ1) is 4.97. The van der Waals surface area contributed by atoms with Gasteiger partial charge in [-0.05, 0) is 10.4 Å². The van der Waals surface area contributed by atoms with Crippen molar-refractivity contribution in [1.29, 1.82) is 0 Å². The van der Waals surface area contributed by atoms with Gasteiger partial charge >= 0.3 is 0 Å². The lowest BCUT2D eigenvalue weighted by atomic mass is 10.8. The molecule has 1 radical (unpaired) electrons. The maximum absolute atomic E-state index is 3.64. The zero-order valence-corrected chi connectivity index (χ0v) is 4.76. The van der Waals surface area contributed by atoms with Gasteiger partial charge in [0.2, 0.25) is 6.33 Å². The van der Waals surface area contributed by atoms with Gasteiger partial charge in [0.15, 0.2) is 5.82 Å². The Kier molecular flexibility index (Phi) is 0.938. The lowest BCUT2D eigenvalue weighted by Gasteiger charge is -1.83. The molecule has 2 rings (SSSR count). The van der Waals surface area contributed by atoms with Gasteiger partial charge < -0.3 is 0 Å². The van der Waals surface area contributed by atoms with Crippen LogP contribution in [0.4, 0.5) is 0 Å². The highest BCUT2D eigenvalue weighted by molar-refractivity contribution is 5.09. The van der Waals surface area contributed by atoms with Crippen LogP contribution in [-0.4, -0.2) is 35.6 Å². The lowest BCUT2D eigenvalue weighted by molar-refractivity contribution is 0.763. The third kappa shape index (κ3) is 0.642. The molecule has 10 heavy (non-hydrogen) atoms. The van der Waals surface area contributed by atoms with E-state index in [4.69, 9.17) is 0 Å². The molecule has 2 aromatic rings. The Morgan fingerprint density at radius 3 is 3.20 bits per heavy atom. The molecule has 7 nitrogen and oxygen atoms in total. The standard InChI is InChI=1S/C3H2N7/c1-3(6-7-4-1)10-2-5-8-9-10/h1H,(H,4,6,7). The number of aromatic amines is 1. The van der Waals surface area contributed by atoms with Crippen molar-refractivity contribution in [2.45, 2.75) is 0 Å². The summed E-state index contributed by atoms with van der Waals surface area (Å²) in [4.78, 5) is 0. The lowest BCUT2D eigenvalue weighted by Crippen LogP contribution is -1.95. The van der Waals surface area contributed by atoms with E-state index in [1.165, 1.54) is 4.68 Å². The van der Waals surface area contributed by atoms with Crippen LogP contribution in [0.1, 0.15) is 0 Å². The first-order valence-electron chi connectivity index (χ1n) is 2.50. The van der Waals surface area contributed by atoms with Crippen molar-refractivity contribution < 1.29 is 0 Å². The van der Waals surface area contributed by atoms with Crippen LogP contribution in [0.15, 0.2) is 6.20 Å². The zero-order chi connectivity index (χ0) is 6.81. The Balaban J connectivity index is 2.48. The Hall–Kier alpha value is -1.79. The number of rotatable bonds is 1. The number of hydrogen-bond donors (Lipinski definition) is 1. The normalized spacial score (nSPS) is 10.0. The maximum Gasteiger partial charge on any atom is 0.228 e. The van der Waals surface area contributed by atoms with Gasteiger partial charge in [-0.25, -0.2) is 0 Å². The monoisotopic (exact) mass is 136 g/mol. The van der Waals surface area contributed by atoms with E-state index in [-0.39, 0.29) is 0 Å². The van der Waals surface area contributed by atoms with E-state index < -0.39 is 0 Å². The molecule has 0 atom stereocenters. The van der Waals surface area contributed by atoms with Crippen LogP contribution in [0.5, 0.6) is 0 Å². The van der Waals surface area contributed by atoms with E-state index in [1.807, 2.05) is 0 Å². The molecule has 2 aromatic heterocycles. The van der Waals surface area contributed by atoms with Crippen LogP contribution in [-0.2, 0) is 0 Å². The van der Waals surface area contributed by atoms with E-state index in [0.717, 1.165) is 0 Å². The van der Waals surface area contributed by atoms with Gasteiger partial charge in [-0.3, -0.25) is 5.10 Å². The third-order valence-corrected chi connectivity index (χ3v) is 0.934. The average molecular weight is 136 g/mol. The topological polar surface area (TPSA) is 85.2 Å². The Bertz CT molecular complexity index is 248. The second kappa shape index (κ2) is 1.87. The number of nitrogens with zero attached hydrogens (tertiary/aromatic N) is 6. The van der Waals surface area contributed by atoms with E-state index in [2.05, 4.69) is 37.3 Å². The third-order valence-electron chi connectivity index (χ3n) is 0.934. The average Bonchev–Trinajstić information content (AvgIpc) is 2.59. The fourth-order valence-electron chi connectivity index (χ4n) is 0.538. The second-order valence-electron chi connectivity index (χ2n) is 1.52. The largest absolute Gasteiger partial charge is 0.263 e. The molecule has 0 aliphatic rings. The summed E-state index contributed by atoms with van der Waals surface area (Å²) in [5.74, 6) is 0.519. The molecule has 1 N–H and O–H groups in total. The summed E-state index contributed by atoms with van der Waals surface area (Å²) in [6.07, 6.45) is 4.02. The Morgan fingerprint density at radius 1 is 1.60 bits per heavy atom. The van der Waals surface area contributed by atoms with Crippen LogP contribution < -0.4 is 0 Å². The van der Waals surface area contributed by atoms with Crippen molar-refractivity contribution in [3.05, 3.63) is 12.5 Å². The predicted octanol–water partition coefficient (Wildman–Crippen LogP) is -1.42. The molecule has 0 amide bonds. The molecule has 0 saturated carbocycles. The fraction of sp³-hybridized carbons (Fsp3) is 0. The Morgan fingerprint density at radius 2 is 2.60 bits per heavy atom. The molecule has 0 aliphatic carbocycles. The molecule has 0 spiro atoms. The minimum absolute atomic E-state index is 0.519. The van der Waals surface area contributed by atoms with Crippen molar-refractivity contribution in [3.8, 4) is 5.82 Å². The molecule has 0 fully saturated rings. The summed E-state index contributed by atoms with van der Waals surface area (Å²) < 4.78 is 1.28. The van der Waals surface area contributed by atoms with Crippen LogP contribution >= 0.6 is 0 Å². The fourth-order valence-corrected chi connectivity index (χ4v) is 0.538. The maximum atomic E-state index is 3.64. The SMILES string of the molecule is [c]1nnnn1-c1c[nH]nn1. The Labute approximate surface area is 55.1 Å². The number of nitrogens with one attached hydrogen (secondary N) is 1. The first-order valence-corrected chi connectivity index (χ1v) is 2.50. The summed E-state index contributed by atoms with van der Waals surface area (Å²) in [6, 6.07) is 0. The zero-order valence-electron chi connectivity index (χ0n) is 4.76. The molecule has 7 heteroatoms. The van der Waals surface area contributed by atoms with Crippen molar-refractivity contribution in [2.24, 2.45) is 0 Å². The molecule has 2 heterocycles. The summed E-state index contributed by atoms with van der Waals surface area (Å²) in [5, 5.41) is 19.8. The van der Waals surface area contributed by atoms with E-state index >= 15 is 0 Å². The molecule has 0 bridgehead atoms. The van der Waals surface area contributed by atoms with Crippen LogP contribution in [0, 0.1) is 6.33 Å². The van der Waals surface area contributed by atoms with Crippen molar-refractivity contribution in [2.75, 3.05) is 0 Å². The minimum Gasteiger partial charge on any atom is -0.263 e. The number of tetrazole rings is 1. The minimum atomic E-state index is 0.519. The van der Waals surface area contributed by atoms with Gasteiger partial charge in [0.1, 0.15) is 0 Å².